The van der Waals surface area contributed by atoms with Crippen LogP contribution in [0.2, 0.25) is 0 Å². The third-order valence-corrected chi connectivity index (χ3v) is 7.42. The summed E-state index contributed by atoms with van der Waals surface area (Å²) in [4.78, 5) is 0. The molecule has 1 heterocycles. The fourth-order valence-corrected chi connectivity index (χ4v) is 5.57. The van der Waals surface area contributed by atoms with Crippen molar-refractivity contribution >= 4 is 43.3 Å². The van der Waals surface area contributed by atoms with Crippen LogP contribution in [0.4, 0.5) is 0 Å². The van der Waals surface area contributed by atoms with Crippen molar-refractivity contribution in [2.45, 2.75) is 0 Å². The molecule has 8 aromatic carbocycles. The molecular weight excluding hydrogens is 544 g/mol. The average Bonchev–Trinajstić information content (AvgIpc) is 3.70. The van der Waals surface area contributed by atoms with Crippen LogP contribution < -0.4 is 0 Å². The van der Waals surface area contributed by atoms with Crippen LogP contribution in [0.3, 0.4) is 0 Å². The lowest BCUT2D eigenvalue weighted by molar-refractivity contribution is 0.633. The van der Waals surface area contributed by atoms with E-state index in [0.717, 1.165) is 0 Å². The smallest absolute Gasteiger partial charge is 0.143 e. The van der Waals surface area contributed by atoms with Gasteiger partial charge in [-0.1, -0.05) is 163 Å². The van der Waals surface area contributed by atoms with Gasteiger partial charge in [0.2, 0.25) is 0 Å². The maximum absolute atomic E-state index is 9.60. The van der Waals surface area contributed by atoms with Crippen molar-refractivity contribution in [3.8, 4) is 44.7 Å². The Balaban J connectivity index is 1.70. The lowest BCUT2D eigenvalue weighted by Gasteiger charge is -2.18. The van der Waals surface area contributed by atoms with E-state index in [-0.39, 0.29) is 21.9 Å². The Labute approximate surface area is 293 Å². The van der Waals surface area contributed by atoms with Crippen LogP contribution in [-0.2, 0) is 0 Å². The highest BCUT2D eigenvalue weighted by molar-refractivity contribution is 6.25. The van der Waals surface area contributed by atoms with Crippen molar-refractivity contribution < 1.29 is 35.9 Å². The van der Waals surface area contributed by atoms with Gasteiger partial charge in [-0.15, -0.1) is 0 Å². The van der Waals surface area contributed by atoms with Gasteiger partial charge in [-0.05, 0) is 55.1 Å². The molecule has 9 rings (SSSR count). The highest BCUT2D eigenvalue weighted by Crippen LogP contribution is 2.50. The van der Waals surface area contributed by atoms with Crippen LogP contribution in [0.1, 0.15) is 31.5 Å². The first-order valence-electron chi connectivity index (χ1n) is 25.1. The predicted octanol–water partition coefficient (Wildman–Crippen LogP) is 12.6. The van der Waals surface area contributed by atoms with E-state index in [1.807, 2.05) is 0 Å². The predicted molar refractivity (Wildman–Crippen MR) is 190 cm³/mol. The molecule has 0 aliphatic heterocycles. The van der Waals surface area contributed by atoms with Gasteiger partial charge in [0.1, 0.15) is 11.3 Å². The zero-order valence-corrected chi connectivity index (χ0v) is 22.8. The number of para-hydroxylation sites is 1. The molecule has 9 aromatic rings. The molecule has 0 aliphatic carbocycles. The Hall–Kier alpha value is -5.92. The van der Waals surface area contributed by atoms with Gasteiger partial charge in [-0.25, -0.2) is 0 Å². The molecule has 0 unspecified atom stereocenters. The van der Waals surface area contributed by atoms with Crippen molar-refractivity contribution in [2.75, 3.05) is 0 Å². The van der Waals surface area contributed by atoms with Gasteiger partial charge in [0.25, 0.3) is 0 Å². The normalized spacial score (nSPS) is 18.7. The van der Waals surface area contributed by atoms with Gasteiger partial charge in [-0.3, -0.25) is 0 Å². The zero-order chi connectivity index (χ0) is 49.8. The highest BCUT2D eigenvalue weighted by atomic mass is 16.3. The number of hydrogen-bond acceptors (Lipinski definition) is 1. The summed E-state index contributed by atoms with van der Waals surface area (Å²) in [5.41, 5.74) is -3.95. The number of hydrogen-bond donors (Lipinski definition) is 0. The standard InChI is InChI=1S/C44H28O/c1-3-15-30(16-4-1)34-24-13-25-39-42(43(45-44(34)39)33-27-26-29-14-7-8-19-32(29)28-33)41-37-22-11-9-20-35(37)40(31-17-5-2-6-18-31)36-21-10-12-23-38(36)41/h1-28H/i1D,3D,4D,7D,8D,9D,10D,11D,12D,13D,14D,15D,16D,19D,20D,21D,22D,23D,24D,25D,26D,27D,28D. The summed E-state index contributed by atoms with van der Waals surface area (Å²) in [6.07, 6.45) is 0. The highest BCUT2D eigenvalue weighted by Gasteiger charge is 2.25. The molecule has 0 saturated carbocycles. The molecule has 0 aliphatic rings. The lowest BCUT2D eigenvalue weighted by atomic mass is 9.84. The van der Waals surface area contributed by atoms with Gasteiger partial charge < -0.3 is 4.42 Å². The van der Waals surface area contributed by atoms with Crippen LogP contribution >= 0.6 is 0 Å². The summed E-state index contributed by atoms with van der Waals surface area (Å²) >= 11 is 0. The van der Waals surface area contributed by atoms with E-state index in [1.54, 1.807) is 18.2 Å². The van der Waals surface area contributed by atoms with Crippen LogP contribution in [0.5, 0.6) is 0 Å². The first kappa shape index (κ1) is 11.5. The second-order valence-corrected chi connectivity index (χ2v) is 9.88. The summed E-state index contributed by atoms with van der Waals surface area (Å²) < 4.78 is 213. The summed E-state index contributed by atoms with van der Waals surface area (Å²) in [5.74, 6) is -0.806. The molecular formula is C44H28O. The van der Waals surface area contributed by atoms with E-state index in [2.05, 4.69) is 0 Å². The van der Waals surface area contributed by atoms with Crippen LogP contribution in [-0.4, -0.2) is 0 Å². The van der Waals surface area contributed by atoms with Gasteiger partial charge in [0.05, 0.1) is 31.5 Å². The molecule has 1 heteroatoms. The second-order valence-electron chi connectivity index (χ2n) is 9.88. The molecule has 0 fully saturated rings. The van der Waals surface area contributed by atoms with Crippen molar-refractivity contribution in [1.82, 2.24) is 0 Å². The number of benzene rings is 8. The molecule has 1 aromatic heterocycles. The fraction of sp³-hybridized carbons (Fsp3) is 0. The third-order valence-electron chi connectivity index (χ3n) is 7.42. The van der Waals surface area contributed by atoms with E-state index in [9.17, 15) is 11.0 Å². The Morgan fingerprint density at radius 1 is 0.400 bits per heavy atom. The largest absolute Gasteiger partial charge is 0.455 e. The Morgan fingerprint density at radius 3 is 1.71 bits per heavy atom. The minimum Gasteiger partial charge on any atom is -0.455 e. The van der Waals surface area contributed by atoms with Crippen LogP contribution in [0, 0.1) is 0 Å². The van der Waals surface area contributed by atoms with Crippen LogP contribution in [0.25, 0.3) is 88.0 Å². The molecule has 0 radical (unpaired) electrons. The summed E-state index contributed by atoms with van der Waals surface area (Å²) in [7, 11) is 0. The number of furan rings is 1. The molecule has 0 spiro atoms. The molecule has 0 N–H and O–H groups in total. The summed E-state index contributed by atoms with van der Waals surface area (Å²) in [6.45, 7) is 0. The van der Waals surface area contributed by atoms with E-state index in [0.29, 0.717) is 0 Å². The maximum Gasteiger partial charge on any atom is 0.143 e. The van der Waals surface area contributed by atoms with E-state index in [1.165, 1.54) is 12.1 Å². The molecule has 0 atom stereocenters. The Bertz CT molecular complexity index is 3710. The SMILES string of the molecule is [2H]c1c([2H])c([2H])c(-c2c([2H])c([2H])c([2H])c3c(-c4c5c([2H])c([2H])c([2H])c([2H])c5c(-c5ccccc5)c5c([2H])c([2H])c([2H])c([2H])c45)c(-c4c([2H])c([2H])c5c([2H])c([2H])c([2H])c([2H])c5c4[2H])oc23)c([2H])c1[2H]. The molecule has 210 valence electrons. The average molecular weight is 596 g/mol. The molecule has 45 heavy (non-hydrogen) atoms. The fourth-order valence-electron chi connectivity index (χ4n) is 5.57. The maximum atomic E-state index is 9.60. The van der Waals surface area contributed by atoms with Gasteiger partial charge in [0, 0.05) is 27.6 Å². The van der Waals surface area contributed by atoms with E-state index in [4.69, 9.17) is 25.0 Å². The Morgan fingerprint density at radius 2 is 1.00 bits per heavy atom. The molecule has 0 amide bonds. The molecule has 1 nitrogen and oxygen atoms in total. The molecule has 0 bridgehead atoms. The van der Waals surface area contributed by atoms with Crippen LogP contribution in [0.15, 0.2) is 174 Å². The van der Waals surface area contributed by atoms with E-state index >= 15 is 0 Å². The van der Waals surface area contributed by atoms with Crippen molar-refractivity contribution in [3.05, 3.63) is 169 Å². The van der Waals surface area contributed by atoms with Crippen molar-refractivity contribution in [2.24, 2.45) is 0 Å². The van der Waals surface area contributed by atoms with E-state index < -0.39 is 205 Å². The summed E-state index contributed by atoms with van der Waals surface area (Å²) in [6, 6.07) is -11.5. The quantitative estimate of drug-likeness (QED) is 0.184. The third kappa shape index (κ3) is 4.09. The van der Waals surface area contributed by atoms with Crippen molar-refractivity contribution in [3.63, 3.8) is 0 Å². The Kier molecular flexibility index (Phi) is 2.66. The number of rotatable bonds is 4. The number of fused-ring (bicyclic) bond motifs is 4. The van der Waals surface area contributed by atoms with Gasteiger partial charge >= 0.3 is 0 Å². The summed E-state index contributed by atoms with van der Waals surface area (Å²) in [5, 5.41) is -3.40. The lowest BCUT2D eigenvalue weighted by Crippen LogP contribution is -1.91. The minimum absolute atomic E-state index is 0.0919. The van der Waals surface area contributed by atoms with Gasteiger partial charge in [-0.2, -0.15) is 0 Å². The van der Waals surface area contributed by atoms with Crippen molar-refractivity contribution in [1.29, 1.82) is 0 Å². The first-order chi connectivity index (χ1) is 31.9. The van der Waals surface area contributed by atoms with Gasteiger partial charge in [0.15, 0.2) is 0 Å². The second kappa shape index (κ2) is 10.4. The first-order valence-corrected chi connectivity index (χ1v) is 13.6. The topological polar surface area (TPSA) is 13.1 Å². The monoisotopic (exact) mass is 595 g/mol. The minimum atomic E-state index is -0.961. The molecule has 0 saturated heterocycles. The zero-order valence-electron chi connectivity index (χ0n) is 45.8.